The van der Waals surface area contributed by atoms with E-state index in [4.69, 9.17) is 14.0 Å². The van der Waals surface area contributed by atoms with Crippen LogP contribution in [0.5, 0.6) is 0 Å². The molecular formula is C30H30F6FeO3P2-. The average Bonchev–Trinajstić information content (AvgIpc) is 2.93. The van der Waals surface area contributed by atoms with E-state index in [1.165, 1.54) is 22.3 Å². The van der Waals surface area contributed by atoms with Crippen LogP contribution in [0.15, 0.2) is 91.0 Å². The van der Waals surface area contributed by atoms with Crippen molar-refractivity contribution >= 4 is 31.6 Å². The zero-order valence-electron chi connectivity index (χ0n) is 22.5. The van der Waals surface area contributed by atoms with Crippen molar-refractivity contribution in [1.29, 1.82) is 0 Å². The Hall–Kier alpha value is -1.94. The Morgan fingerprint density at radius 3 is 1.38 bits per heavy atom. The van der Waals surface area contributed by atoms with Gasteiger partial charge in [-0.1, -0.05) is 91.0 Å². The molecule has 3 aromatic carbocycles. The van der Waals surface area contributed by atoms with Gasteiger partial charge in [0.15, 0.2) is 0 Å². The molecule has 0 heterocycles. The average molecular weight is 670 g/mol. The van der Waals surface area contributed by atoms with Crippen LogP contribution in [0.3, 0.4) is 0 Å². The number of halogens is 6. The van der Waals surface area contributed by atoms with Crippen LogP contribution in [0, 0.1) is 51.3 Å². The molecule has 0 aliphatic heterocycles. The van der Waals surface area contributed by atoms with Gasteiger partial charge < -0.3 is 4.74 Å². The number of benzene rings is 3. The molecule has 1 aliphatic rings. The molecule has 5 radical (unpaired) electrons. The quantitative estimate of drug-likeness (QED) is 0.0881. The molecular weight excluding hydrogens is 640 g/mol. The van der Waals surface area contributed by atoms with Crippen LogP contribution in [0.25, 0.3) is 0 Å². The van der Waals surface area contributed by atoms with Crippen molar-refractivity contribution in [1.82, 2.24) is 0 Å². The molecule has 0 spiro atoms. The molecule has 0 saturated heterocycles. The van der Waals surface area contributed by atoms with Crippen LogP contribution < -0.4 is 15.9 Å². The van der Waals surface area contributed by atoms with Crippen LogP contribution in [-0.2, 0) is 31.1 Å². The Kier molecular flexibility index (Phi) is 21.0. The van der Waals surface area contributed by atoms with Gasteiger partial charge in [-0.3, -0.25) is 0 Å². The van der Waals surface area contributed by atoms with Crippen LogP contribution in [0.1, 0.15) is 12.8 Å². The van der Waals surface area contributed by atoms with E-state index in [2.05, 4.69) is 136 Å². The van der Waals surface area contributed by atoms with Gasteiger partial charge in [0.2, 0.25) is 0 Å². The van der Waals surface area contributed by atoms with E-state index in [9.17, 15) is 25.2 Å². The van der Waals surface area contributed by atoms with Crippen molar-refractivity contribution in [2.24, 2.45) is 5.92 Å². The van der Waals surface area contributed by atoms with Gasteiger partial charge in [0.1, 0.15) is 0 Å². The fourth-order valence-electron chi connectivity index (χ4n) is 3.40. The summed E-state index contributed by atoms with van der Waals surface area (Å²) in [5.41, 5.74) is 0. The van der Waals surface area contributed by atoms with Crippen LogP contribution >= 0.6 is 15.7 Å². The Balaban J connectivity index is 0. The summed E-state index contributed by atoms with van der Waals surface area (Å²) >= 11 is 0. The molecule has 1 saturated carbocycles. The maximum Gasteiger partial charge on any atom is 0 e. The largest absolute Gasteiger partial charge is 0.0622 e. The van der Waals surface area contributed by atoms with Crippen LogP contribution in [0.2, 0.25) is 0 Å². The van der Waals surface area contributed by atoms with E-state index in [0.717, 1.165) is 13.0 Å². The van der Waals surface area contributed by atoms with Gasteiger partial charge in [0, 0.05) is 30.8 Å². The molecule has 0 N–H and O–H groups in total. The van der Waals surface area contributed by atoms with Gasteiger partial charge in [-0.2, -0.15) is 0 Å². The SMILES string of the molecule is COCC1[CH][CH][CH][CH][CH]CC1.F[P-](F)(F)(F)(F)F.[C-]#[O+].[C-]#[O+].[Fe].c1ccc(P(c2ccccc2)c2ccccc2)cc1. The maximum absolute atomic E-state index is 10.7. The molecule has 3 aromatic rings. The third kappa shape index (κ3) is 23.6. The zero-order chi connectivity index (χ0) is 31.3. The van der Waals surface area contributed by atoms with Crippen LogP contribution in [0.4, 0.5) is 25.2 Å². The molecule has 42 heavy (non-hydrogen) atoms. The maximum atomic E-state index is 9.87. The van der Waals surface area contributed by atoms with Gasteiger partial charge in [0.05, 0.1) is 0 Å². The predicted molar refractivity (Wildman–Crippen MR) is 153 cm³/mol. The molecule has 229 valence electrons. The summed E-state index contributed by atoms with van der Waals surface area (Å²) < 4.78 is 79.3. The molecule has 1 atom stereocenters. The second-order valence-electron chi connectivity index (χ2n) is 8.10. The Morgan fingerprint density at radius 1 is 0.690 bits per heavy atom. The summed E-state index contributed by atoms with van der Waals surface area (Å²) in [5, 5.41) is 4.19. The fourth-order valence-corrected chi connectivity index (χ4v) is 5.70. The Morgan fingerprint density at radius 2 is 1.05 bits per heavy atom. The first-order valence-electron chi connectivity index (χ1n) is 11.9. The molecule has 0 aromatic heterocycles. The van der Waals surface area contributed by atoms with E-state index >= 15 is 0 Å². The second kappa shape index (κ2) is 20.9. The number of methoxy groups -OCH3 is 1. The van der Waals surface area contributed by atoms with E-state index in [-0.39, 0.29) is 17.1 Å². The minimum Gasteiger partial charge on any atom is -0.0622 e. The van der Waals surface area contributed by atoms with Crippen molar-refractivity contribution in [3.05, 3.63) is 136 Å². The zero-order valence-corrected chi connectivity index (χ0v) is 25.4. The van der Waals surface area contributed by atoms with E-state index < -0.39 is 15.7 Å². The molecule has 4 rings (SSSR count). The molecule has 0 amide bonds. The fraction of sp³-hybridized carbons (Fsp3) is 0.167. The van der Waals surface area contributed by atoms with Gasteiger partial charge in [0.25, 0.3) is 0 Å². The standard InChI is InChI=1S/C18H15P.C10H15O.2CO.F6P.Fe/c1-4-10-16(11-5-1)19(17-12-6-2-7-13-17)18-14-8-3-9-15-18;1-11-9-10-7-5-3-2-4-6-8-10;2*1-2;1-7(2,3,4,5)6;/h1-15H;2-5,7,10H,6,8-9H2,1H3;;;;/q;;;;-1;. The number of ether oxygens (including phenoxy) is 1. The van der Waals surface area contributed by atoms with Crippen molar-refractivity contribution in [3.8, 4) is 0 Å². The van der Waals surface area contributed by atoms with Crippen LogP contribution in [-0.4, -0.2) is 13.7 Å². The van der Waals surface area contributed by atoms with Crippen molar-refractivity contribution in [2.45, 2.75) is 12.8 Å². The molecule has 1 fully saturated rings. The molecule has 1 aliphatic carbocycles. The first-order valence-corrected chi connectivity index (χ1v) is 15.3. The van der Waals surface area contributed by atoms with Gasteiger partial charge in [-0.15, -0.1) is 0 Å². The minimum absolute atomic E-state index is 0. The summed E-state index contributed by atoms with van der Waals surface area (Å²) in [7, 11) is -9.35. The Labute approximate surface area is 256 Å². The van der Waals surface area contributed by atoms with E-state index in [1.54, 1.807) is 7.11 Å². The van der Waals surface area contributed by atoms with E-state index in [0.29, 0.717) is 5.92 Å². The summed E-state index contributed by atoms with van der Waals surface area (Å²) in [6, 6.07) is 32.3. The molecule has 1 unspecified atom stereocenters. The summed E-state index contributed by atoms with van der Waals surface area (Å²) in [6.07, 6.45) is 13.0. The van der Waals surface area contributed by atoms with Gasteiger partial charge >= 0.3 is 55.6 Å². The third-order valence-electron chi connectivity index (χ3n) is 4.87. The van der Waals surface area contributed by atoms with Crippen molar-refractivity contribution < 1.29 is 56.3 Å². The summed E-state index contributed by atoms with van der Waals surface area (Å²) in [6.45, 7) is 9.85. The first kappa shape index (κ1) is 42.2. The minimum atomic E-state index is -10.7. The third-order valence-corrected chi connectivity index (χ3v) is 7.31. The second-order valence-corrected chi connectivity index (χ2v) is 12.2. The first-order chi connectivity index (χ1) is 19.3. The molecule has 12 heteroatoms. The van der Waals surface area contributed by atoms with E-state index in [1.807, 2.05) is 0 Å². The van der Waals surface area contributed by atoms with Crippen molar-refractivity contribution in [3.63, 3.8) is 0 Å². The Bertz CT molecular complexity index is 999. The smallest absolute Gasteiger partial charge is 0 e. The monoisotopic (exact) mass is 670 g/mol. The number of rotatable bonds is 5. The predicted octanol–water partition coefficient (Wildman–Crippen LogP) is 8.81. The summed E-state index contributed by atoms with van der Waals surface area (Å²) in [4.78, 5) is 0. The van der Waals surface area contributed by atoms with Gasteiger partial charge in [-0.05, 0) is 74.7 Å². The number of hydrogen-bond donors (Lipinski definition) is 0. The van der Waals surface area contributed by atoms with Crippen molar-refractivity contribution in [2.75, 3.05) is 13.7 Å². The topological polar surface area (TPSA) is 49.0 Å². The molecule has 0 bridgehead atoms. The normalized spacial score (nSPS) is 14.7. The van der Waals surface area contributed by atoms with Gasteiger partial charge in [-0.25, -0.2) is 0 Å². The molecule has 3 nitrogen and oxygen atoms in total. The number of hydrogen-bond acceptors (Lipinski definition) is 1. The summed E-state index contributed by atoms with van der Waals surface area (Å²) in [5.74, 6) is 0.598.